The maximum absolute atomic E-state index is 12.5. The zero-order valence-corrected chi connectivity index (χ0v) is 13.2. The normalized spacial score (nSPS) is 18.5. The molecule has 2 rings (SSSR count). The molecule has 1 fully saturated rings. The van der Waals surface area contributed by atoms with Gasteiger partial charge in [-0.2, -0.15) is 0 Å². The summed E-state index contributed by atoms with van der Waals surface area (Å²) in [6.45, 7) is 2.01. The van der Waals surface area contributed by atoms with Crippen LogP contribution in [0.25, 0.3) is 0 Å². The molecule has 1 aromatic carbocycles. The second-order valence-corrected chi connectivity index (χ2v) is 7.47. The molecule has 1 atom stereocenters. The number of phenolic OH excluding ortho intramolecular Hbond substituents is 1. The Kier molecular flexibility index (Phi) is 5.11. The number of rotatable bonds is 5. The maximum atomic E-state index is 12.5. The van der Waals surface area contributed by atoms with Gasteiger partial charge in [0.2, 0.25) is 10.0 Å². The predicted molar refractivity (Wildman–Crippen MR) is 83.5 cm³/mol. The molecule has 0 spiro atoms. The third kappa shape index (κ3) is 3.89. The van der Waals surface area contributed by atoms with Crippen LogP contribution in [0.5, 0.6) is 5.75 Å². The highest BCUT2D eigenvalue weighted by atomic mass is 32.2. The van der Waals surface area contributed by atoms with Gasteiger partial charge in [0.1, 0.15) is 5.75 Å². The number of nitrogens with one attached hydrogen (secondary N) is 1. The van der Waals surface area contributed by atoms with Crippen molar-refractivity contribution in [3.8, 4) is 5.75 Å². The summed E-state index contributed by atoms with van der Waals surface area (Å²) in [5.74, 6) is 0.307. The summed E-state index contributed by atoms with van der Waals surface area (Å²) in [7, 11) is -3.60. The lowest BCUT2D eigenvalue weighted by Crippen LogP contribution is -2.40. The molecular weight excluding hydrogens is 288 g/mol. The van der Waals surface area contributed by atoms with Gasteiger partial charge in [0, 0.05) is 6.04 Å². The van der Waals surface area contributed by atoms with Crippen molar-refractivity contribution in [1.29, 1.82) is 0 Å². The largest absolute Gasteiger partial charge is 0.506 e. The van der Waals surface area contributed by atoms with E-state index in [4.69, 9.17) is 5.73 Å². The molecule has 0 aromatic heterocycles. The predicted octanol–water partition coefficient (Wildman–Crippen LogP) is 2.61. The Balaban J connectivity index is 2.16. The molecule has 1 aliphatic carbocycles. The smallest absolute Gasteiger partial charge is 0.240 e. The summed E-state index contributed by atoms with van der Waals surface area (Å²) >= 11 is 0. The van der Waals surface area contributed by atoms with Gasteiger partial charge in [-0.25, -0.2) is 13.1 Å². The van der Waals surface area contributed by atoms with Crippen LogP contribution in [0.3, 0.4) is 0 Å². The molecule has 0 bridgehead atoms. The van der Waals surface area contributed by atoms with Gasteiger partial charge < -0.3 is 10.8 Å². The number of hydrogen-bond acceptors (Lipinski definition) is 4. The van der Waals surface area contributed by atoms with Crippen molar-refractivity contribution in [3.05, 3.63) is 18.2 Å². The molecule has 1 unspecified atom stereocenters. The van der Waals surface area contributed by atoms with Gasteiger partial charge in [-0.05, 0) is 43.4 Å². The van der Waals surface area contributed by atoms with Gasteiger partial charge in [0.15, 0.2) is 0 Å². The first-order valence-electron chi connectivity index (χ1n) is 7.55. The third-order valence-corrected chi connectivity index (χ3v) is 5.76. The lowest BCUT2D eigenvalue weighted by Gasteiger charge is -2.30. The Bertz CT molecular complexity index is 581. The first-order valence-corrected chi connectivity index (χ1v) is 9.03. The summed E-state index contributed by atoms with van der Waals surface area (Å²) in [6, 6.07) is 3.95. The molecule has 1 saturated carbocycles. The van der Waals surface area contributed by atoms with E-state index in [1.165, 1.54) is 37.5 Å². The zero-order chi connectivity index (χ0) is 15.5. The standard InChI is InChI=1S/C15H24N2O3S/c1-2-14(11-6-4-3-5-7-11)17-21(19,20)12-8-9-15(18)13(16)10-12/h8-11,14,17-18H,2-7,16H2,1H3. The van der Waals surface area contributed by atoms with Crippen LogP contribution in [-0.2, 0) is 10.0 Å². The lowest BCUT2D eigenvalue weighted by molar-refractivity contribution is 0.285. The van der Waals surface area contributed by atoms with Crippen LogP contribution in [0.2, 0.25) is 0 Å². The lowest BCUT2D eigenvalue weighted by atomic mass is 9.83. The fraction of sp³-hybridized carbons (Fsp3) is 0.600. The summed E-state index contributed by atoms with van der Waals surface area (Å²) < 4.78 is 27.7. The molecule has 5 nitrogen and oxygen atoms in total. The molecule has 0 saturated heterocycles. The van der Waals surface area contributed by atoms with Crippen molar-refractivity contribution in [2.45, 2.75) is 56.4 Å². The van der Waals surface area contributed by atoms with Crippen molar-refractivity contribution < 1.29 is 13.5 Å². The van der Waals surface area contributed by atoms with E-state index in [0.29, 0.717) is 5.92 Å². The van der Waals surface area contributed by atoms with E-state index in [9.17, 15) is 13.5 Å². The Morgan fingerprint density at radius 1 is 1.33 bits per heavy atom. The molecule has 0 amide bonds. The van der Waals surface area contributed by atoms with E-state index >= 15 is 0 Å². The third-order valence-electron chi connectivity index (χ3n) is 4.27. The van der Waals surface area contributed by atoms with Crippen LogP contribution in [-0.4, -0.2) is 19.6 Å². The van der Waals surface area contributed by atoms with E-state index in [2.05, 4.69) is 4.72 Å². The summed E-state index contributed by atoms with van der Waals surface area (Å²) in [5.41, 5.74) is 5.65. The van der Waals surface area contributed by atoms with Crippen LogP contribution in [0.4, 0.5) is 5.69 Å². The number of nitrogen functional groups attached to an aromatic ring is 1. The fourth-order valence-corrected chi connectivity index (χ4v) is 4.44. The average molecular weight is 312 g/mol. The zero-order valence-electron chi connectivity index (χ0n) is 12.4. The van der Waals surface area contributed by atoms with Gasteiger partial charge in [-0.15, -0.1) is 0 Å². The molecule has 118 valence electrons. The van der Waals surface area contributed by atoms with E-state index in [1.54, 1.807) is 0 Å². The number of phenols is 1. The van der Waals surface area contributed by atoms with E-state index in [0.717, 1.165) is 19.3 Å². The summed E-state index contributed by atoms with van der Waals surface area (Å²) in [5, 5.41) is 9.40. The van der Waals surface area contributed by atoms with Crippen LogP contribution in [0.1, 0.15) is 45.4 Å². The van der Waals surface area contributed by atoms with Crippen LogP contribution in [0.15, 0.2) is 23.1 Å². The minimum absolute atomic E-state index is 0.0367. The first kappa shape index (κ1) is 16.1. The second-order valence-electron chi connectivity index (χ2n) is 5.75. The Hall–Kier alpha value is -1.27. The molecule has 21 heavy (non-hydrogen) atoms. The number of anilines is 1. The molecule has 0 heterocycles. The minimum atomic E-state index is -3.60. The molecule has 1 aliphatic rings. The monoisotopic (exact) mass is 312 g/mol. The number of nitrogens with two attached hydrogens (primary N) is 1. The number of benzene rings is 1. The number of hydrogen-bond donors (Lipinski definition) is 3. The van der Waals surface area contributed by atoms with Gasteiger partial charge in [0.25, 0.3) is 0 Å². The highest BCUT2D eigenvalue weighted by Gasteiger charge is 2.27. The fourth-order valence-electron chi connectivity index (χ4n) is 3.02. The Morgan fingerprint density at radius 3 is 2.57 bits per heavy atom. The second kappa shape index (κ2) is 6.66. The number of sulfonamides is 1. The van der Waals surface area contributed by atoms with Crippen LogP contribution in [0, 0.1) is 5.92 Å². The SMILES string of the molecule is CCC(NS(=O)(=O)c1ccc(O)c(N)c1)C1CCCCC1. The van der Waals surface area contributed by atoms with Gasteiger partial charge in [-0.3, -0.25) is 0 Å². The molecule has 0 radical (unpaired) electrons. The van der Waals surface area contributed by atoms with Gasteiger partial charge >= 0.3 is 0 Å². The topological polar surface area (TPSA) is 92.4 Å². The number of aromatic hydroxyl groups is 1. The van der Waals surface area contributed by atoms with E-state index < -0.39 is 10.0 Å². The highest BCUT2D eigenvalue weighted by Crippen LogP contribution is 2.29. The van der Waals surface area contributed by atoms with Crippen molar-refractivity contribution >= 4 is 15.7 Å². The maximum Gasteiger partial charge on any atom is 0.240 e. The van der Waals surface area contributed by atoms with Crippen molar-refractivity contribution in [2.24, 2.45) is 5.92 Å². The quantitative estimate of drug-likeness (QED) is 0.575. The highest BCUT2D eigenvalue weighted by molar-refractivity contribution is 7.89. The Morgan fingerprint density at radius 2 is 2.00 bits per heavy atom. The molecule has 4 N–H and O–H groups in total. The van der Waals surface area contributed by atoms with Crippen molar-refractivity contribution in [3.63, 3.8) is 0 Å². The molecule has 1 aromatic rings. The Labute approximate surface area is 126 Å². The van der Waals surface area contributed by atoms with E-state index in [1.807, 2.05) is 6.92 Å². The summed E-state index contributed by atoms with van der Waals surface area (Å²) in [6.07, 6.45) is 6.53. The van der Waals surface area contributed by atoms with Crippen molar-refractivity contribution in [1.82, 2.24) is 4.72 Å². The van der Waals surface area contributed by atoms with Gasteiger partial charge in [-0.1, -0.05) is 26.2 Å². The molecule has 6 heteroatoms. The average Bonchev–Trinajstić information content (AvgIpc) is 2.48. The summed E-state index contributed by atoms with van der Waals surface area (Å²) in [4.78, 5) is 0.104. The molecule has 0 aliphatic heterocycles. The van der Waals surface area contributed by atoms with Crippen LogP contribution < -0.4 is 10.5 Å². The van der Waals surface area contributed by atoms with E-state index in [-0.39, 0.29) is 22.4 Å². The van der Waals surface area contributed by atoms with Crippen LogP contribution >= 0.6 is 0 Å². The molecular formula is C15H24N2O3S. The van der Waals surface area contributed by atoms with Gasteiger partial charge in [0.05, 0.1) is 10.6 Å². The first-order chi connectivity index (χ1) is 9.94. The minimum Gasteiger partial charge on any atom is -0.506 e. The van der Waals surface area contributed by atoms with Crippen molar-refractivity contribution in [2.75, 3.05) is 5.73 Å².